The number of nitrogens with two attached hydrogens (primary N) is 1. The SMILES string of the molecule is C/C(C=Nc1cccc(C(C)(F)F)c1)=C/N. The standard InChI is InChI=1S/C12H14F2N2/c1-9(7-15)8-16-11-5-3-4-10(6-11)12(2,13)14/h3-8H,15H2,1-2H3/b9-7-,16-8?. The molecule has 0 fully saturated rings. The van der Waals surface area contributed by atoms with Crippen LogP contribution in [0.2, 0.25) is 0 Å². The summed E-state index contributed by atoms with van der Waals surface area (Å²) in [7, 11) is 0. The van der Waals surface area contributed by atoms with Crippen LogP contribution < -0.4 is 5.73 Å². The van der Waals surface area contributed by atoms with E-state index >= 15 is 0 Å². The normalized spacial score (nSPS) is 13.4. The van der Waals surface area contributed by atoms with E-state index in [1.807, 2.05) is 0 Å². The molecule has 0 radical (unpaired) electrons. The van der Waals surface area contributed by atoms with Crippen molar-refractivity contribution in [2.24, 2.45) is 10.7 Å². The van der Waals surface area contributed by atoms with Crippen LogP contribution in [0.4, 0.5) is 14.5 Å². The van der Waals surface area contributed by atoms with Gasteiger partial charge in [0.2, 0.25) is 0 Å². The molecule has 0 bridgehead atoms. The minimum Gasteiger partial charge on any atom is -0.404 e. The molecule has 0 heterocycles. The van der Waals surface area contributed by atoms with Crippen LogP contribution in [0.3, 0.4) is 0 Å². The minimum atomic E-state index is -2.84. The van der Waals surface area contributed by atoms with Crippen molar-refractivity contribution in [3.63, 3.8) is 0 Å². The Kier molecular flexibility index (Phi) is 3.77. The van der Waals surface area contributed by atoms with Gasteiger partial charge >= 0.3 is 0 Å². The third-order valence-electron chi connectivity index (χ3n) is 2.03. The first-order valence-electron chi connectivity index (χ1n) is 4.84. The molecule has 0 spiro atoms. The van der Waals surface area contributed by atoms with Gasteiger partial charge in [0.15, 0.2) is 0 Å². The van der Waals surface area contributed by atoms with E-state index in [1.165, 1.54) is 24.5 Å². The van der Waals surface area contributed by atoms with Crippen LogP contribution in [-0.4, -0.2) is 6.21 Å². The Morgan fingerprint density at radius 1 is 1.44 bits per heavy atom. The molecule has 2 nitrogen and oxygen atoms in total. The Hall–Kier alpha value is -1.71. The predicted molar refractivity (Wildman–Crippen MR) is 62.1 cm³/mol. The summed E-state index contributed by atoms with van der Waals surface area (Å²) < 4.78 is 26.0. The molecular formula is C12H14F2N2. The quantitative estimate of drug-likeness (QED) is 0.785. The molecule has 0 atom stereocenters. The van der Waals surface area contributed by atoms with E-state index in [0.717, 1.165) is 12.5 Å². The number of alkyl halides is 2. The summed E-state index contributed by atoms with van der Waals surface area (Å²) in [5.41, 5.74) is 6.48. The topological polar surface area (TPSA) is 38.4 Å². The zero-order valence-corrected chi connectivity index (χ0v) is 9.24. The number of aliphatic imine (C=N–C) groups is 1. The van der Waals surface area contributed by atoms with Crippen LogP contribution in [-0.2, 0) is 5.92 Å². The Balaban J connectivity index is 2.96. The van der Waals surface area contributed by atoms with Crippen LogP contribution >= 0.6 is 0 Å². The molecule has 0 amide bonds. The van der Waals surface area contributed by atoms with Crippen LogP contribution in [0.25, 0.3) is 0 Å². The largest absolute Gasteiger partial charge is 0.404 e. The van der Waals surface area contributed by atoms with Crippen LogP contribution in [0.1, 0.15) is 19.4 Å². The second-order valence-corrected chi connectivity index (χ2v) is 3.61. The lowest BCUT2D eigenvalue weighted by Crippen LogP contribution is -2.05. The Morgan fingerprint density at radius 3 is 2.69 bits per heavy atom. The molecule has 1 rings (SSSR count). The monoisotopic (exact) mass is 224 g/mol. The first-order valence-corrected chi connectivity index (χ1v) is 4.84. The lowest BCUT2D eigenvalue weighted by molar-refractivity contribution is 0.0175. The molecule has 2 N–H and O–H groups in total. The fourth-order valence-corrected chi connectivity index (χ4v) is 1.08. The average Bonchev–Trinajstić information content (AvgIpc) is 2.25. The first-order chi connectivity index (χ1) is 7.43. The molecule has 0 aromatic heterocycles. The van der Waals surface area contributed by atoms with E-state index in [2.05, 4.69) is 4.99 Å². The third-order valence-corrected chi connectivity index (χ3v) is 2.03. The van der Waals surface area contributed by atoms with Crippen molar-refractivity contribution in [1.82, 2.24) is 0 Å². The summed E-state index contributed by atoms with van der Waals surface area (Å²) >= 11 is 0. The summed E-state index contributed by atoms with van der Waals surface area (Å²) in [6, 6.07) is 5.96. The van der Waals surface area contributed by atoms with Gasteiger partial charge in [0.05, 0.1) is 5.69 Å². The van der Waals surface area contributed by atoms with E-state index in [9.17, 15) is 8.78 Å². The number of rotatable bonds is 3. The van der Waals surface area contributed by atoms with Gasteiger partial charge in [-0.05, 0) is 30.8 Å². The third kappa shape index (κ3) is 3.46. The van der Waals surface area contributed by atoms with Crippen LogP contribution in [0, 0.1) is 0 Å². The molecule has 0 saturated carbocycles. The number of benzene rings is 1. The average molecular weight is 224 g/mol. The molecule has 16 heavy (non-hydrogen) atoms. The zero-order chi connectivity index (χ0) is 12.2. The summed E-state index contributed by atoms with van der Waals surface area (Å²) in [4.78, 5) is 4.04. The van der Waals surface area contributed by atoms with E-state index < -0.39 is 5.92 Å². The number of hydrogen-bond donors (Lipinski definition) is 1. The van der Waals surface area contributed by atoms with Crippen molar-refractivity contribution in [3.05, 3.63) is 41.6 Å². The Labute approximate surface area is 93.5 Å². The van der Waals surface area contributed by atoms with Crippen molar-refractivity contribution in [2.75, 3.05) is 0 Å². The molecular weight excluding hydrogens is 210 g/mol. The summed E-state index contributed by atoms with van der Waals surface area (Å²) in [5, 5.41) is 0. The molecule has 0 aliphatic rings. The van der Waals surface area contributed by atoms with Gasteiger partial charge in [-0.25, -0.2) is 8.78 Å². The maximum Gasteiger partial charge on any atom is 0.270 e. The van der Waals surface area contributed by atoms with Crippen molar-refractivity contribution in [2.45, 2.75) is 19.8 Å². The molecule has 0 aliphatic heterocycles. The summed E-state index contributed by atoms with van der Waals surface area (Å²) in [6.07, 6.45) is 2.94. The summed E-state index contributed by atoms with van der Waals surface area (Å²) in [5.74, 6) is -2.84. The highest BCUT2D eigenvalue weighted by Crippen LogP contribution is 2.29. The maximum absolute atomic E-state index is 13.0. The number of hydrogen-bond acceptors (Lipinski definition) is 2. The van der Waals surface area contributed by atoms with Gasteiger partial charge in [-0.1, -0.05) is 12.1 Å². The van der Waals surface area contributed by atoms with Gasteiger partial charge in [-0.2, -0.15) is 0 Å². The number of allylic oxidation sites excluding steroid dienone is 1. The summed E-state index contributed by atoms with van der Waals surface area (Å²) in [6.45, 7) is 2.64. The number of nitrogens with zero attached hydrogens (tertiary/aromatic N) is 1. The Bertz CT molecular complexity index is 417. The van der Waals surface area contributed by atoms with Crippen molar-refractivity contribution in [3.8, 4) is 0 Å². The molecule has 4 heteroatoms. The van der Waals surface area contributed by atoms with Crippen LogP contribution in [0.5, 0.6) is 0 Å². The molecule has 0 aliphatic carbocycles. The predicted octanol–water partition coefficient (Wildman–Crippen LogP) is 3.36. The zero-order valence-electron chi connectivity index (χ0n) is 9.24. The lowest BCUT2D eigenvalue weighted by atomic mass is 10.1. The van der Waals surface area contributed by atoms with E-state index in [1.54, 1.807) is 19.1 Å². The molecule has 86 valence electrons. The first kappa shape index (κ1) is 12.4. The van der Waals surface area contributed by atoms with Gasteiger partial charge in [0.1, 0.15) is 0 Å². The fourth-order valence-electron chi connectivity index (χ4n) is 1.08. The smallest absolute Gasteiger partial charge is 0.270 e. The van der Waals surface area contributed by atoms with Crippen molar-refractivity contribution >= 4 is 11.9 Å². The van der Waals surface area contributed by atoms with Gasteiger partial charge in [-0.3, -0.25) is 4.99 Å². The highest BCUT2D eigenvalue weighted by Gasteiger charge is 2.23. The lowest BCUT2D eigenvalue weighted by Gasteiger charge is -2.10. The highest BCUT2D eigenvalue weighted by atomic mass is 19.3. The highest BCUT2D eigenvalue weighted by molar-refractivity contribution is 5.80. The molecule has 1 aromatic carbocycles. The van der Waals surface area contributed by atoms with Gasteiger partial charge in [0.25, 0.3) is 5.92 Å². The van der Waals surface area contributed by atoms with Gasteiger partial charge in [0, 0.05) is 18.7 Å². The maximum atomic E-state index is 13.0. The van der Waals surface area contributed by atoms with E-state index in [-0.39, 0.29) is 5.56 Å². The van der Waals surface area contributed by atoms with E-state index in [4.69, 9.17) is 5.73 Å². The van der Waals surface area contributed by atoms with Crippen molar-refractivity contribution in [1.29, 1.82) is 0 Å². The second-order valence-electron chi connectivity index (χ2n) is 3.61. The Morgan fingerprint density at radius 2 is 2.12 bits per heavy atom. The minimum absolute atomic E-state index is 0.0449. The fraction of sp³-hybridized carbons (Fsp3) is 0.250. The number of halogens is 2. The van der Waals surface area contributed by atoms with E-state index in [0.29, 0.717) is 5.69 Å². The van der Waals surface area contributed by atoms with Gasteiger partial charge in [-0.15, -0.1) is 0 Å². The molecule has 0 saturated heterocycles. The van der Waals surface area contributed by atoms with Gasteiger partial charge < -0.3 is 5.73 Å². The molecule has 1 aromatic rings. The van der Waals surface area contributed by atoms with Crippen molar-refractivity contribution < 1.29 is 8.78 Å². The van der Waals surface area contributed by atoms with Crippen LogP contribution in [0.15, 0.2) is 41.0 Å². The molecule has 0 unspecified atom stereocenters. The second kappa shape index (κ2) is 4.88.